The molecule has 3 N–H and O–H groups in total. The van der Waals surface area contributed by atoms with Crippen molar-refractivity contribution < 1.29 is 13.5 Å². The van der Waals surface area contributed by atoms with Crippen molar-refractivity contribution in [3.05, 3.63) is 0 Å². The Labute approximate surface area is 109 Å². The van der Waals surface area contributed by atoms with E-state index >= 15 is 0 Å². The quantitative estimate of drug-likeness (QED) is 0.748. The first-order chi connectivity index (χ1) is 8.35. The number of aliphatic hydroxyl groups is 1. The fourth-order valence-corrected chi connectivity index (χ4v) is 3.97. The molecule has 0 aromatic carbocycles. The van der Waals surface area contributed by atoms with Gasteiger partial charge in [0.05, 0.1) is 11.9 Å². The maximum Gasteiger partial charge on any atom is 0.211 e. The molecule has 1 aliphatic carbocycles. The molecule has 0 aromatic heterocycles. The van der Waals surface area contributed by atoms with Crippen LogP contribution >= 0.6 is 0 Å². The predicted molar refractivity (Wildman–Crippen MR) is 70.5 cm³/mol. The maximum atomic E-state index is 11.6. The van der Waals surface area contributed by atoms with Gasteiger partial charge in [-0.25, -0.2) is 12.7 Å². The number of nitrogens with zero attached hydrogens (tertiary/aromatic N) is 1. The summed E-state index contributed by atoms with van der Waals surface area (Å²) in [5.74, 6) is 0.568. The molecule has 6 heteroatoms. The molecule has 106 valence electrons. The van der Waals surface area contributed by atoms with Crippen molar-refractivity contribution >= 4 is 10.0 Å². The lowest BCUT2D eigenvalue weighted by Gasteiger charge is -2.36. The summed E-state index contributed by atoms with van der Waals surface area (Å²) in [7, 11) is -3.11. The van der Waals surface area contributed by atoms with Crippen molar-refractivity contribution in [2.75, 3.05) is 25.9 Å². The molecule has 2 atom stereocenters. The van der Waals surface area contributed by atoms with Crippen LogP contribution in [-0.4, -0.2) is 49.3 Å². The van der Waals surface area contributed by atoms with E-state index in [1.165, 1.54) is 10.6 Å². The number of rotatable bonds is 5. The van der Waals surface area contributed by atoms with Crippen LogP contribution in [0.4, 0.5) is 0 Å². The summed E-state index contributed by atoms with van der Waals surface area (Å²) < 4.78 is 24.6. The van der Waals surface area contributed by atoms with Crippen LogP contribution in [0.2, 0.25) is 0 Å². The van der Waals surface area contributed by atoms with Gasteiger partial charge >= 0.3 is 0 Å². The van der Waals surface area contributed by atoms with E-state index in [-0.39, 0.29) is 12.5 Å². The maximum absolute atomic E-state index is 11.6. The van der Waals surface area contributed by atoms with Crippen molar-refractivity contribution in [1.82, 2.24) is 4.31 Å². The summed E-state index contributed by atoms with van der Waals surface area (Å²) in [5, 5.41) is 10.5. The highest BCUT2D eigenvalue weighted by atomic mass is 32.2. The van der Waals surface area contributed by atoms with Gasteiger partial charge in [0.2, 0.25) is 10.0 Å². The number of nitrogens with two attached hydrogens (primary N) is 1. The minimum Gasteiger partial charge on any atom is -0.388 e. The van der Waals surface area contributed by atoms with Gasteiger partial charge in [0.25, 0.3) is 0 Å². The van der Waals surface area contributed by atoms with Crippen molar-refractivity contribution in [2.45, 2.75) is 37.7 Å². The van der Waals surface area contributed by atoms with Crippen LogP contribution < -0.4 is 5.73 Å². The number of hydrogen-bond donors (Lipinski definition) is 2. The highest BCUT2D eigenvalue weighted by molar-refractivity contribution is 7.88. The second-order valence-corrected chi connectivity index (χ2v) is 7.90. The first-order valence-electron chi connectivity index (χ1n) is 6.73. The normalized spacial score (nSPS) is 30.1. The monoisotopic (exact) mass is 276 g/mol. The van der Waals surface area contributed by atoms with Crippen molar-refractivity contribution in [2.24, 2.45) is 17.6 Å². The summed E-state index contributed by atoms with van der Waals surface area (Å²) in [6, 6.07) is 0. The predicted octanol–water partition coefficient (Wildman–Crippen LogP) is 0.148. The first-order valence-corrected chi connectivity index (χ1v) is 8.57. The zero-order valence-corrected chi connectivity index (χ0v) is 11.8. The SMILES string of the molecule is CS(=O)(=O)N1CCCC(CC(O)(CN)C2CC2)C1. The van der Waals surface area contributed by atoms with Crippen LogP contribution in [0.25, 0.3) is 0 Å². The lowest BCUT2D eigenvalue weighted by Crippen LogP contribution is -2.46. The summed E-state index contributed by atoms with van der Waals surface area (Å²) in [6.45, 7) is 1.43. The van der Waals surface area contributed by atoms with Gasteiger partial charge in [-0.15, -0.1) is 0 Å². The van der Waals surface area contributed by atoms with E-state index in [1.54, 1.807) is 0 Å². The zero-order chi connectivity index (χ0) is 13.4. The van der Waals surface area contributed by atoms with Crippen LogP contribution in [0.1, 0.15) is 32.1 Å². The molecule has 18 heavy (non-hydrogen) atoms. The molecule has 2 rings (SSSR count). The third-order valence-electron chi connectivity index (χ3n) is 4.28. The summed E-state index contributed by atoms with van der Waals surface area (Å²) in [4.78, 5) is 0. The van der Waals surface area contributed by atoms with Gasteiger partial charge in [0, 0.05) is 19.6 Å². The summed E-state index contributed by atoms with van der Waals surface area (Å²) >= 11 is 0. The summed E-state index contributed by atoms with van der Waals surface area (Å²) in [6.07, 6.45) is 5.86. The Hall–Kier alpha value is -0.170. The topological polar surface area (TPSA) is 83.6 Å². The molecule has 0 aromatic rings. The van der Waals surface area contributed by atoms with E-state index in [9.17, 15) is 13.5 Å². The van der Waals surface area contributed by atoms with E-state index in [1.807, 2.05) is 0 Å². The number of sulfonamides is 1. The summed E-state index contributed by atoms with van der Waals surface area (Å²) in [5.41, 5.74) is 4.93. The third-order valence-corrected chi connectivity index (χ3v) is 5.55. The Morgan fingerprint density at radius 1 is 1.39 bits per heavy atom. The van der Waals surface area contributed by atoms with Gasteiger partial charge in [0.1, 0.15) is 0 Å². The standard InChI is InChI=1S/C12H24N2O3S/c1-18(16,17)14-6-2-3-10(8-14)7-12(15,9-13)11-4-5-11/h10-11,15H,2-9,13H2,1H3. The second-order valence-electron chi connectivity index (χ2n) is 5.92. The van der Waals surface area contributed by atoms with Gasteiger partial charge in [-0.05, 0) is 43.9 Å². The molecular weight excluding hydrogens is 252 g/mol. The van der Waals surface area contributed by atoms with Gasteiger partial charge < -0.3 is 10.8 Å². The fourth-order valence-electron chi connectivity index (χ4n) is 3.03. The van der Waals surface area contributed by atoms with E-state index in [2.05, 4.69) is 0 Å². The lowest BCUT2D eigenvalue weighted by atomic mass is 9.83. The number of piperidine rings is 1. The van der Waals surface area contributed by atoms with Crippen molar-refractivity contribution in [3.63, 3.8) is 0 Å². The van der Waals surface area contributed by atoms with Gasteiger partial charge in [-0.1, -0.05) is 0 Å². The van der Waals surface area contributed by atoms with Crippen LogP contribution in [0.3, 0.4) is 0 Å². The van der Waals surface area contributed by atoms with Crippen molar-refractivity contribution in [1.29, 1.82) is 0 Å². The van der Waals surface area contributed by atoms with E-state index in [4.69, 9.17) is 5.73 Å². The molecule has 0 bridgehead atoms. The molecule has 1 aliphatic heterocycles. The Balaban J connectivity index is 1.97. The van der Waals surface area contributed by atoms with Gasteiger partial charge in [-0.3, -0.25) is 0 Å². The Bertz CT molecular complexity index is 394. The smallest absolute Gasteiger partial charge is 0.211 e. The minimum absolute atomic E-state index is 0.239. The fraction of sp³-hybridized carbons (Fsp3) is 1.00. The van der Waals surface area contributed by atoms with Crippen LogP contribution in [0, 0.1) is 11.8 Å². The number of hydrogen-bond acceptors (Lipinski definition) is 4. The van der Waals surface area contributed by atoms with Crippen LogP contribution in [0.5, 0.6) is 0 Å². The highest BCUT2D eigenvalue weighted by Crippen LogP contribution is 2.43. The lowest BCUT2D eigenvalue weighted by molar-refractivity contribution is -0.00439. The average molecular weight is 276 g/mol. The molecule has 2 unspecified atom stereocenters. The molecule has 2 fully saturated rings. The molecule has 1 saturated carbocycles. The van der Waals surface area contributed by atoms with Crippen molar-refractivity contribution in [3.8, 4) is 0 Å². The van der Waals surface area contributed by atoms with E-state index < -0.39 is 15.6 Å². The Morgan fingerprint density at radius 3 is 2.56 bits per heavy atom. The third kappa shape index (κ3) is 3.23. The molecule has 1 saturated heterocycles. The first kappa shape index (κ1) is 14.2. The molecule has 0 spiro atoms. The Morgan fingerprint density at radius 2 is 2.06 bits per heavy atom. The molecule has 2 aliphatic rings. The molecule has 5 nitrogen and oxygen atoms in total. The molecule has 0 radical (unpaired) electrons. The molecule has 0 amide bonds. The van der Waals surface area contributed by atoms with Gasteiger partial charge in [-0.2, -0.15) is 0 Å². The van der Waals surface area contributed by atoms with E-state index in [0.717, 1.165) is 25.7 Å². The highest BCUT2D eigenvalue weighted by Gasteiger charge is 2.44. The largest absolute Gasteiger partial charge is 0.388 e. The molecular formula is C12H24N2O3S. The van der Waals surface area contributed by atoms with E-state index in [0.29, 0.717) is 25.4 Å². The second kappa shape index (κ2) is 5.07. The van der Waals surface area contributed by atoms with Gasteiger partial charge in [0.15, 0.2) is 0 Å². The molecule has 1 heterocycles. The minimum atomic E-state index is -3.11. The zero-order valence-electron chi connectivity index (χ0n) is 11.0. The Kier molecular flexibility index (Phi) is 4.02. The van der Waals surface area contributed by atoms with Crippen LogP contribution in [0.15, 0.2) is 0 Å². The van der Waals surface area contributed by atoms with Crippen LogP contribution in [-0.2, 0) is 10.0 Å². The average Bonchev–Trinajstić information content (AvgIpc) is 3.12.